The topological polar surface area (TPSA) is 153 Å². The van der Waals surface area contributed by atoms with Gasteiger partial charge in [-0.05, 0) is 5.56 Å². The van der Waals surface area contributed by atoms with E-state index in [0.717, 1.165) is 5.56 Å². The van der Waals surface area contributed by atoms with Crippen molar-refractivity contribution in [3.63, 3.8) is 0 Å². The molecule has 1 atom stereocenters. The van der Waals surface area contributed by atoms with E-state index < -0.39 is 20.1 Å². The molecule has 2 heterocycles. The Balaban J connectivity index is 1.51. The fraction of sp³-hybridized carbons (Fsp3) is 0.333. The van der Waals surface area contributed by atoms with E-state index in [1.807, 2.05) is 30.3 Å². The Morgan fingerprint density at radius 2 is 2.06 bits per heavy atom. The molecule has 0 saturated heterocycles. The molecule has 1 unspecified atom stereocenters. The van der Waals surface area contributed by atoms with Gasteiger partial charge in [-0.3, -0.25) is 14.3 Å². The monoisotopic (exact) mass is 451 g/mol. The SMILES string of the molecule is COC(=O)OCOP(COCCn1cnc2c(=O)[nH]c(N)nc21)OCc1ccccc1. The number of nitrogens with two attached hydrogens (primary N) is 1. The molecule has 0 saturated carbocycles. The molecule has 3 rings (SSSR count). The Labute approximate surface area is 178 Å². The summed E-state index contributed by atoms with van der Waals surface area (Å²) < 4.78 is 27.7. The van der Waals surface area contributed by atoms with Gasteiger partial charge in [0.1, 0.15) is 6.35 Å². The van der Waals surface area contributed by atoms with Crippen molar-refractivity contribution in [3.8, 4) is 0 Å². The zero-order valence-corrected chi connectivity index (χ0v) is 17.6. The van der Waals surface area contributed by atoms with Gasteiger partial charge in [-0.2, -0.15) is 4.98 Å². The van der Waals surface area contributed by atoms with Crippen LogP contribution < -0.4 is 11.3 Å². The quantitative estimate of drug-likeness (QED) is 0.191. The number of nitrogen functional groups attached to an aromatic ring is 1. The van der Waals surface area contributed by atoms with Gasteiger partial charge >= 0.3 is 6.16 Å². The number of H-pyrrole nitrogens is 1. The van der Waals surface area contributed by atoms with Crippen molar-refractivity contribution in [1.82, 2.24) is 19.5 Å². The minimum Gasteiger partial charge on any atom is -0.438 e. The highest BCUT2D eigenvalue weighted by molar-refractivity contribution is 7.46. The second-order valence-corrected chi connectivity index (χ2v) is 7.48. The molecule has 166 valence electrons. The minimum atomic E-state index is -1.50. The highest BCUT2D eigenvalue weighted by Gasteiger charge is 2.14. The predicted octanol–water partition coefficient (Wildman–Crippen LogP) is 1.96. The maximum absolute atomic E-state index is 11.8. The van der Waals surface area contributed by atoms with E-state index in [0.29, 0.717) is 18.8 Å². The lowest BCUT2D eigenvalue weighted by atomic mass is 10.2. The number of hydrogen-bond acceptors (Lipinski definition) is 10. The third-order valence-corrected chi connectivity index (χ3v) is 5.13. The Kier molecular flexibility index (Phi) is 8.30. The van der Waals surface area contributed by atoms with E-state index in [-0.39, 0.29) is 31.2 Å². The zero-order chi connectivity index (χ0) is 22.1. The summed E-state index contributed by atoms with van der Waals surface area (Å²) in [6.07, 6.45) is 0.772. The van der Waals surface area contributed by atoms with Crippen LogP contribution in [0.3, 0.4) is 0 Å². The first-order chi connectivity index (χ1) is 15.1. The Bertz CT molecular complexity index is 1040. The molecule has 0 spiro atoms. The van der Waals surface area contributed by atoms with Crippen LogP contribution in [0, 0.1) is 0 Å². The van der Waals surface area contributed by atoms with Crippen molar-refractivity contribution in [2.75, 3.05) is 32.6 Å². The van der Waals surface area contributed by atoms with Crippen LogP contribution in [0.1, 0.15) is 5.56 Å². The minimum absolute atomic E-state index is 0.0111. The number of hydrogen-bond donors (Lipinski definition) is 2. The molecule has 3 N–H and O–H groups in total. The molecule has 13 heteroatoms. The van der Waals surface area contributed by atoms with Crippen molar-refractivity contribution in [2.24, 2.45) is 0 Å². The maximum atomic E-state index is 11.8. The molecular formula is C18H22N5O7P. The fourth-order valence-corrected chi connectivity index (χ4v) is 3.43. The molecule has 0 aliphatic carbocycles. The molecule has 12 nitrogen and oxygen atoms in total. The largest absolute Gasteiger partial charge is 0.510 e. The number of carbonyl (C=O) groups excluding carboxylic acids is 1. The van der Waals surface area contributed by atoms with E-state index in [1.54, 1.807) is 4.57 Å². The first kappa shape index (κ1) is 22.6. The standard InChI is InChI=1S/C18H22N5O7P/c1-26-18(25)28-11-30-31(29-9-13-5-3-2-4-6-13)12-27-8-7-23-10-20-14-15(23)21-17(19)22-16(14)24/h2-6,10H,7-9,11-12H2,1H3,(H3,19,21,22,24). The van der Waals surface area contributed by atoms with E-state index in [1.165, 1.54) is 13.4 Å². The van der Waals surface area contributed by atoms with Crippen molar-refractivity contribution in [1.29, 1.82) is 0 Å². The van der Waals surface area contributed by atoms with Crippen LogP contribution in [0.5, 0.6) is 0 Å². The molecule has 0 aliphatic rings. The number of aromatic nitrogens is 4. The maximum Gasteiger partial charge on any atom is 0.510 e. The lowest BCUT2D eigenvalue weighted by Gasteiger charge is -2.17. The number of nitrogens with zero attached hydrogens (tertiary/aromatic N) is 3. The second kappa shape index (κ2) is 11.4. The highest BCUT2D eigenvalue weighted by Crippen LogP contribution is 2.39. The summed E-state index contributed by atoms with van der Waals surface area (Å²) in [5.74, 6) is 0.0111. The smallest absolute Gasteiger partial charge is 0.438 e. The van der Waals surface area contributed by atoms with Gasteiger partial charge in [0.05, 0.1) is 26.7 Å². The van der Waals surface area contributed by atoms with Crippen molar-refractivity contribution < 1.29 is 28.1 Å². The third kappa shape index (κ3) is 6.72. The number of aromatic amines is 1. The zero-order valence-electron chi connectivity index (χ0n) is 16.7. The molecule has 0 amide bonds. The fourth-order valence-electron chi connectivity index (χ4n) is 2.46. The van der Waals surface area contributed by atoms with Crippen LogP contribution in [0.15, 0.2) is 41.5 Å². The number of fused-ring (bicyclic) bond motifs is 1. The number of nitrogens with one attached hydrogen (secondary N) is 1. The average molecular weight is 451 g/mol. The van der Waals surface area contributed by atoms with E-state index in [2.05, 4.69) is 19.7 Å². The Morgan fingerprint density at radius 3 is 2.84 bits per heavy atom. The van der Waals surface area contributed by atoms with Crippen LogP contribution >= 0.6 is 8.38 Å². The number of carbonyl (C=O) groups is 1. The van der Waals surface area contributed by atoms with Crippen molar-refractivity contribution in [3.05, 3.63) is 52.6 Å². The van der Waals surface area contributed by atoms with Crippen molar-refractivity contribution in [2.45, 2.75) is 13.2 Å². The summed E-state index contributed by atoms with van der Waals surface area (Å²) in [5.41, 5.74) is 6.72. The van der Waals surface area contributed by atoms with Gasteiger partial charge in [-0.15, -0.1) is 0 Å². The van der Waals surface area contributed by atoms with E-state index >= 15 is 0 Å². The summed E-state index contributed by atoms with van der Waals surface area (Å²) in [4.78, 5) is 33.5. The van der Waals surface area contributed by atoms with Crippen LogP contribution in [0.25, 0.3) is 11.2 Å². The van der Waals surface area contributed by atoms with Gasteiger partial charge in [0.2, 0.25) is 21.1 Å². The van der Waals surface area contributed by atoms with Gasteiger partial charge in [0.25, 0.3) is 5.56 Å². The van der Waals surface area contributed by atoms with E-state index in [4.69, 9.17) is 24.3 Å². The van der Waals surface area contributed by atoms with Crippen molar-refractivity contribution >= 4 is 31.6 Å². The number of rotatable bonds is 11. The lowest BCUT2D eigenvalue weighted by molar-refractivity contribution is 0.0100. The predicted molar refractivity (Wildman–Crippen MR) is 111 cm³/mol. The molecule has 0 fully saturated rings. The Hall–Kier alpha value is -3.05. The van der Waals surface area contributed by atoms with E-state index in [9.17, 15) is 9.59 Å². The molecule has 0 radical (unpaired) electrons. The first-order valence-electron chi connectivity index (χ1n) is 9.13. The Morgan fingerprint density at radius 1 is 1.26 bits per heavy atom. The number of imidazole rings is 1. The van der Waals surface area contributed by atoms with Crippen LogP contribution in [0.2, 0.25) is 0 Å². The normalized spacial score (nSPS) is 12.0. The molecule has 0 bridgehead atoms. The summed E-state index contributed by atoms with van der Waals surface area (Å²) in [6, 6.07) is 9.56. The molecule has 3 aromatic rings. The van der Waals surface area contributed by atoms with Gasteiger partial charge < -0.3 is 29.0 Å². The lowest BCUT2D eigenvalue weighted by Crippen LogP contribution is -2.13. The van der Waals surface area contributed by atoms with Gasteiger partial charge in [0, 0.05) is 6.54 Å². The van der Waals surface area contributed by atoms with Crippen LogP contribution in [-0.4, -0.2) is 52.5 Å². The van der Waals surface area contributed by atoms with Gasteiger partial charge in [-0.25, -0.2) is 9.78 Å². The number of ether oxygens (including phenoxy) is 3. The number of anilines is 1. The first-order valence-corrected chi connectivity index (χ1v) is 10.5. The highest BCUT2D eigenvalue weighted by atomic mass is 31.2. The van der Waals surface area contributed by atoms with Crippen LogP contribution in [-0.2, 0) is 36.4 Å². The third-order valence-electron chi connectivity index (χ3n) is 3.92. The average Bonchev–Trinajstić information content (AvgIpc) is 3.18. The molecule has 31 heavy (non-hydrogen) atoms. The molecule has 2 aromatic heterocycles. The molecule has 1 aromatic carbocycles. The summed E-state index contributed by atoms with van der Waals surface area (Å²) in [5, 5.41) is 0. The number of benzene rings is 1. The van der Waals surface area contributed by atoms with Gasteiger partial charge in [0.15, 0.2) is 11.2 Å². The van der Waals surface area contributed by atoms with Crippen LogP contribution in [0.4, 0.5) is 10.7 Å². The van der Waals surface area contributed by atoms with Gasteiger partial charge in [-0.1, -0.05) is 30.3 Å². The second-order valence-electron chi connectivity index (χ2n) is 6.04. The summed E-state index contributed by atoms with van der Waals surface area (Å²) >= 11 is 0. The summed E-state index contributed by atoms with van der Waals surface area (Å²) in [6.45, 7) is 0.641. The number of methoxy groups -OCH3 is 1. The molecule has 0 aliphatic heterocycles. The molecular weight excluding hydrogens is 429 g/mol. The summed E-state index contributed by atoms with van der Waals surface area (Å²) in [7, 11) is -0.300.